The summed E-state index contributed by atoms with van der Waals surface area (Å²) in [4.78, 5) is 35.5. The van der Waals surface area contributed by atoms with Gasteiger partial charge in [0.2, 0.25) is 0 Å². The minimum Gasteiger partial charge on any atom is -0.413 e. The average molecular weight is 356 g/mol. The van der Waals surface area contributed by atoms with E-state index in [2.05, 4.69) is 5.32 Å². The smallest absolute Gasteiger partial charge is 0.345 e. The first-order valence-electron chi connectivity index (χ1n) is 6.36. The van der Waals surface area contributed by atoms with Gasteiger partial charge >= 0.3 is 5.97 Å². The minimum atomic E-state index is -1.89. The molecule has 0 radical (unpaired) electrons. The van der Waals surface area contributed by atoms with Gasteiger partial charge in [0.25, 0.3) is 5.91 Å². The molecule has 0 aliphatic carbocycles. The summed E-state index contributed by atoms with van der Waals surface area (Å²) in [6.45, 7) is 1.21. The van der Waals surface area contributed by atoms with Crippen molar-refractivity contribution in [2.75, 3.05) is 0 Å². The van der Waals surface area contributed by atoms with Crippen molar-refractivity contribution in [1.29, 1.82) is 0 Å². The van der Waals surface area contributed by atoms with Crippen molar-refractivity contribution >= 4 is 41.1 Å². The van der Waals surface area contributed by atoms with E-state index in [0.29, 0.717) is 4.34 Å². The van der Waals surface area contributed by atoms with Crippen LogP contribution >= 0.6 is 22.9 Å². The van der Waals surface area contributed by atoms with Crippen molar-refractivity contribution in [1.82, 2.24) is 5.32 Å². The van der Waals surface area contributed by atoms with E-state index in [1.54, 1.807) is 0 Å². The average Bonchev–Trinajstić information content (AvgIpc) is 2.92. The molecule has 0 fully saturated rings. The Hall–Kier alpha value is -2.25. The molecule has 120 valence electrons. The highest BCUT2D eigenvalue weighted by Crippen LogP contribution is 2.29. The summed E-state index contributed by atoms with van der Waals surface area (Å²) in [5.41, 5.74) is -1.78. The van der Waals surface area contributed by atoms with E-state index in [4.69, 9.17) is 16.3 Å². The Kier molecular flexibility index (Phi) is 5.12. The SMILES string of the molecule is CC(C=O)(NC(=O)c1ccc(F)cc1)C(=O)Oc1ccc(Cl)s1. The van der Waals surface area contributed by atoms with Crippen LogP contribution in [0.2, 0.25) is 4.34 Å². The quantitative estimate of drug-likeness (QED) is 0.508. The maximum atomic E-state index is 12.9. The van der Waals surface area contributed by atoms with Crippen LogP contribution in [-0.4, -0.2) is 23.7 Å². The lowest BCUT2D eigenvalue weighted by Gasteiger charge is -2.22. The number of esters is 1. The Morgan fingerprint density at radius 1 is 1.26 bits per heavy atom. The Morgan fingerprint density at radius 2 is 1.91 bits per heavy atom. The first-order chi connectivity index (χ1) is 10.8. The molecule has 0 saturated heterocycles. The van der Waals surface area contributed by atoms with Crippen molar-refractivity contribution in [2.24, 2.45) is 0 Å². The number of rotatable bonds is 5. The van der Waals surface area contributed by atoms with Crippen molar-refractivity contribution in [3.05, 3.63) is 52.1 Å². The number of halogens is 2. The zero-order chi connectivity index (χ0) is 17.0. The lowest BCUT2D eigenvalue weighted by Crippen LogP contribution is -2.55. The number of aldehydes is 1. The Morgan fingerprint density at radius 3 is 2.43 bits per heavy atom. The minimum absolute atomic E-state index is 0.103. The number of carbonyl (C=O) groups is 3. The van der Waals surface area contributed by atoms with Gasteiger partial charge in [0, 0.05) is 5.56 Å². The molecular weight excluding hydrogens is 345 g/mol. The van der Waals surface area contributed by atoms with Crippen LogP contribution in [0.3, 0.4) is 0 Å². The van der Waals surface area contributed by atoms with Crippen LogP contribution in [0.4, 0.5) is 4.39 Å². The largest absolute Gasteiger partial charge is 0.413 e. The third-order valence-electron chi connectivity index (χ3n) is 2.88. The number of hydrogen-bond acceptors (Lipinski definition) is 5. The lowest BCUT2D eigenvalue weighted by atomic mass is 10.0. The molecule has 5 nitrogen and oxygen atoms in total. The molecule has 8 heteroatoms. The van der Waals surface area contributed by atoms with Gasteiger partial charge in [0.05, 0.1) is 4.34 Å². The second-order valence-corrected chi connectivity index (χ2v) is 6.41. The fraction of sp³-hybridized carbons (Fsp3) is 0.133. The Balaban J connectivity index is 2.12. The van der Waals surface area contributed by atoms with Crippen LogP contribution in [0.1, 0.15) is 17.3 Å². The van der Waals surface area contributed by atoms with Gasteiger partial charge in [-0.1, -0.05) is 22.9 Å². The van der Waals surface area contributed by atoms with Crippen molar-refractivity contribution < 1.29 is 23.5 Å². The third-order valence-corrected chi connectivity index (χ3v) is 3.99. The molecule has 2 rings (SSSR count). The molecule has 1 unspecified atom stereocenters. The van der Waals surface area contributed by atoms with Gasteiger partial charge in [-0.05, 0) is 43.3 Å². The van der Waals surface area contributed by atoms with Crippen LogP contribution in [0.25, 0.3) is 0 Å². The van der Waals surface area contributed by atoms with Gasteiger partial charge in [0.15, 0.2) is 16.9 Å². The number of nitrogens with one attached hydrogen (secondary N) is 1. The molecule has 1 atom stereocenters. The van der Waals surface area contributed by atoms with Gasteiger partial charge in [-0.25, -0.2) is 9.18 Å². The molecule has 1 aromatic heterocycles. The van der Waals surface area contributed by atoms with Gasteiger partial charge in [-0.2, -0.15) is 0 Å². The molecule has 2 aromatic rings. The summed E-state index contributed by atoms with van der Waals surface area (Å²) in [5, 5.41) is 2.47. The monoisotopic (exact) mass is 355 g/mol. The summed E-state index contributed by atoms with van der Waals surface area (Å²) in [6, 6.07) is 7.67. The molecule has 0 aliphatic heterocycles. The van der Waals surface area contributed by atoms with Crippen LogP contribution in [-0.2, 0) is 9.59 Å². The predicted molar refractivity (Wildman–Crippen MR) is 83.3 cm³/mol. The molecule has 0 aliphatic rings. The highest BCUT2D eigenvalue weighted by Gasteiger charge is 2.37. The van der Waals surface area contributed by atoms with Crippen LogP contribution in [0, 0.1) is 5.82 Å². The zero-order valence-corrected chi connectivity index (χ0v) is 13.4. The van der Waals surface area contributed by atoms with Gasteiger partial charge in [-0.3, -0.25) is 4.79 Å². The summed E-state index contributed by atoms with van der Waals surface area (Å²) in [5.74, 6) is -2.17. The van der Waals surface area contributed by atoms with Crippen molar-refractivity contribution in [2.45, 2.75) is 12.5 Å². The molecular formula is C15H11ClFNO4S. The van der Waals surface area contributed by atoms with Crippen LogP contribution in [0.15, 0.2) is 36.4 Å². The molecule has 23 heavy (non-hydrogen) atoms. The van der Waals surface area contributed by atoms with E-state index in [1.807, 2.05) is 0 Å². The second kappa shape index (κ2) is 6.89. The number of hydrogen-bond donors (Lipinski definition) is 1. The van der Waals surface area contributed by atoms with Gasteiger partial charge in [-0.15, -0.1) is 0 Å². The molecule has 0 saturated carbocycles. The number of benzene rings is 1. The second-order valence-electron chi connectivity index (χ2n) is 4.73. The van der Waals surface area contributed by atoms with Crippen LogP contribution in [0.5, 0.6) is 5.06 Å². The van der Waals surface area contributed by atoms with Crippen molar-refractivity contribution in [3.63, 3.8) is 0 Å². The third kappa shape index (κ3) is 4.14. The number of thiophene rings is 1. The highest BCUT2D eigenvalue weighted by atomic mass is 35.5. The van der Waals surface area contributed by atoms with E-state index < -0.39 is 23.2 Å². The topological polar surface area (TPSA) is 72.5 Å². The Bertz CT molecular complexity index is 746. The Labute approximate surface area is 140 Å². The van der Waals surface area contributed by atoms with E-state index in [9.17, 15) is 18.8 Å². The van der Waals surface area contributed by atoms with E-state index in [-0.39, 0.29) is 16.9 Å². The summed E-state index contributed by atoms with van der Waals surface area (Å²) >= 11 is 6.74. The standard InChI is InChI=1S/C15H11ClFNO4S/c1-15(8-19,14(21)22-12-7-6-11(16)23-12)18-13(20)9-2-4-10(17)5-3-9/h2-8H,1H3,(H,18,20). The first-order valence-corrected chi connectivity index (χ1v) is 7.55. The van der Waals surface area contributed by atoms with Gasteiger partial charge in [0.1, 0.15) is 5.82 Å². The summed E-state index contributed by atoms with van der Waals surface area (Å²) < 4.78 is 18.3. The predicted octanol–water partition coefficient (Wildman–Crippen LogP) is 2.83. The molecule has 0 bridgehead atoms. The van der Waals surface area contributed by atoms with Crippen LogP contribution < -0.4 is 10.1 Å². The fourth-order valence-electron chi connectivity index (χ4n) is 1.59. The molecule has 1 amide bonds. The summed E-state index contributed by atoms with van der Waals surface area (Å²) in [6.07, 6.45) is 0.270. The molecule has 1 heterocycles. The molecule has 1 aromatic carbocycles. The lowest BCUT2D eigenvalue weighted by molar-refractivity contribution is -0.143. The van der Waals surface area contributed by atoms with E-state index in [0.717, 1.165) is 23.5 Å². The maximum Gasteiger partial charge on any atom is 0.345 e. The fourth-order valence-corrected chi connectivity index (χ4v) is 2.46. The summed E-state index contributed by atoms with van der Waals surface area (Å²) in [7, 11) is 0. The number of carbonyl (C=O) groups excluding carboxylic acids is 3. The number of ether oxygens (including phenoxy) is 1. The maximum absolute atomic E-state index is 12.9. The molecule has 1 N–H and O–H groups in total. The molecule has 0 spiro atoms. The van der Waals surface area contributed by atoms with Crippen molar-refractivity contribution in [3.8, 4) is 5.06 Å². The van der Waals surface area contributed by atoms with Gasteiger partial charge < -0.3 is 14.8 Å². The van der Waals surface area contributed by atoms with E-state index in [1.165, 1.54) is 31.2 Å². The normalized spacial score (nSPS) is 13.0. The van der Waals surface area contributed by atoms with E-state index >= 15 is 0 Å². The zero-order valence-electron chi connectivity index (χ0n) is 11.8. The highest BCUT2D eigenvalue weighted by molar-refractivity contribution is 7.17. The first kappa shape index (κ1) is 17.1. The number of amides is 1.